The van der Waals surface area contributed by atoms with Crippen LogP contribution in [0.5, 0.6) is 0 Å². The summed E-state index contributed by atoms with van der Waals surface area (Å²) in [6.45, 7) is 1.16. The maximum absolute atomic E-state index is 12.5. The molecule has 7 nitrogen and oxygen atoms in total. The van der Waals surface area contributed by atoms with Gasteiger partial charge < -0.3 is 15.3 Å². The molecule has 3 aromatic rings. The number of aromatic nitrogens is 4. The van der Waals surface area contributed by atoms with E-state index < -0.39 is 0 Å². The van der Waals surface area contributed by atoms with Crippen molar-refractivity contribution >= 4 is 29.0 Å². The van der Waals surface area contributed by atoms with Crippen molar-refractivity contribution in [1.29, 1.82) is 0 Å². The number of fused-ring (bicyclic) bond motifs is 1. The van der Waals surface area contributed by atoms with Crippen LogP contribution >= 0.6 is 12.2 Å². The second-order valence-electron chi connectivity index (χ2n) is 6.42. The molecule has 1 amide bonds. The topological polar surface area (TPSA) is 95.6 Å². The van der Waals surface area contributed by atoms with Gasteiger partial charge in [-0.25, -0.2) is 4.98 Å². The summed E-state index contributed by atoms with van der Waals surface area (Å²) in [5.41, 5.74) is 1.70. The molecule has 0 aliphatic rings. The fourth-order valence-corrected chi connectivity index (χ4v) is 3.26. The highest BCUT2D eigenvalue weighted by atomic mass is 32.1. The standard InChI is InChI=1S/C19H23N5O2S/c25-17(21-10-9-14-12-20-13-22-14)8-2-1-5-11-24-18(26)15-6-3-4-7-16(15)23-19(24)27/h3-4,6-7,12-13H,1-2,5,8-11H2,(H,20,22)(H,21,25)(H,23,27). The zero-order valence-electron chi connectivity index (χ0n) is 15.0. The molecule has 0 saturated heterocycles. The van der Waals surface area contributed by atoms with Crippen LogP contribution in [0, 0.1) is 4.77 Å². The zero-order valence-corrected chi connectivity index (χ0v) is 15.8. The van der Waals surface area contributed by atoms with E-state index in [1.807, 2.05) is 18.2 Å². The molecule has 2 heterocycles. The summed E-state index contributed by atoms with van der Waals surface area (Å²) in [5.74, 6) is 0.0506. The molecule has 1 aromatic carbocycles. The first-order valence-electron chi connectivity index (χ1n) is 9.11. The number of nitrogens with one attached hydrogen (secondary N) is 3. The van der Waals surface area contributed by atoms with Crippen molar-refractivity contribution in [2.24, 2.45) is 0 Å². The maximum Gasteiger partial charge on any atom is 0.262 e. The first-order chi connectivity index (χ1) is 13.1. The summed E-state index contributed by atoms with van der Waals surface area (Å²) in [4.78, 5) is 34.4. The van der Waals surface area contributed by atoms with Gasteiger partial charge in [-0.05, 0) is 37.2 Å². The van der Waals surface area contributed by atoms with Gasteiger partial charge in [-0.1, -0.05) is 18.6 Å². The molecule has 0 spiro atoms. The Morgan fingerprint density at radius 2 is 2.07 bits per heavy atom. The lowest BCUT2D eigenvalue weighted by molar-refractivity contribution is -0.121. The number of carbonyl (C=O) groups excluding carboxylic acids is 1. The van der Waals surface area contributed by atoms with Gasteiger partial charge in [-0.15, -0.1) is 0 Å². The molecular weight excluding hydrogens is 362 g/mol. The van der Waals surface area contributed by atoms with Crippen LogP contribution in [-0.2, 0) is 17.8 Å². The molecule has 2 aromatic heterocycles. The van der Waals surface area contributed by atoms with E-state index in [4.69, 9.17) is 12.2 Å². The van der Waals surface area contributed by atoms with Crippen LogP contribution in [0.25, 0.3) is 10.9 Å². The van der Waals surface area contributed by atoms with Crippen molar-refractivity contribution in [3.05, 3.63) is 57.6 Å². The molecule has 0 aliphatic carbocycles. The van der Waals surface area contributed by atoms with Gasteiger partial charge in [-0.3, -0.25) is 14.2 Å². The zero-order chi connectivity index (χ0) is 19.1. The predicted octanol–water partition coefficient (Wildman–Crippen LogP) is 2.70. The largest absolute Gasteiger partial charge is 0.356 e. The van der Waals surface area contributed by atoms with Crippen LogP contribution in [0.15, 0.2) is 41.6 Å². The molecular formula is C19H23N5O2S. The predicted molar refractivity (Wildman–Crippen MR) is 107 cm³/mol. The summed E-state index contributed by atoms with van der Waals surface area (Å²) in [7, 11) is 0. The van der Waals surface area contributed by atoms with E-state index in [0.717, 1.165) is 36.9 Å². The maximum atomic E-state index is 12.5. The molecule has 27 heavy (non-hydrogen) atoms. The molecule has 0 fully saturated rings. The lowest BCUT2D eigenvalue weighted by Crippen LogP contribution is -2.25. The number of benzene rings is 1. The van der Waals surface area contributed by atoms with Crippen LogP contribution in [0.1, 0.15) is 31.4 Å². The Morgan fingerprint density at radius 1 is 1.22 bits per heavy atom. The van der Waals surface area contributed by atoms with Crippen molar-refractivity contribution in [3.63, 3.8) is 0 Å². The van der Waals surface area contributed by atoms with Gasteiger partial charge in [0.25, 0.3) is 5.56 Å². The molecule has 0 bridgehead atoms. The fraction of sp³-hybridized carbons (Fsp3) is 0.368. The number of rotatable bonds is 9. The van der Waals surface area contributed by atoms with Gasteiger partial charge >= 0.3 is 0 Å². The summed E-state index contributed by atoms with van der Waals surface area (Å²) in [6, 6.07) is 7.36. The Morgan fingerprint density at radius 3 is 2.89 bits per heavy atom. The first kappa shape index (κ1) is 19.0. The van der Waals surface area contributed by atoms with Gasteiger partial charge in [0, 0.05) is 37.8 Å². The van der Waals surface area contributed by atoms with E-state index in [2.05, 4.69) is 20.3 Å². The third kappa shape index (κ3) is 5.13. The van der Waals surface area contributed by atoms with Crippen LogP contribution in [0.2, 0.25) is 0 Å². The second-order valence-corrected chi connectivity index (χ2v) is 6.81. The smallest absolute Gasteiger partial charge is 0.262 e. The monoisotopic (exact) mass is 385 g/mol. The van der Waals surface area contributed by atoms with Gasteiger partial charge in [0.2, 0.25) is 5.91 Å². The Balaban J connectivity index is 1.40. The number of hydrogen-bond donors (Lipinski definition) is 3. The molecule has 0 atom stereocenters. The summed E-state index contributed by atoms with van der Waals surface area (Å²) in [6.07, 6.45) is 7.07. The Kier molecular flexibility index (Phi) is 6.54. The lowest BCUT2D eigenvalue weighted by Gasteiger charge is -2.08. The number of hydrogen-bond acceptors (Lipinski definition) is 4. The number of H-pyrrole nitrogens is 2. The second kappa shape index (κ2) is 9.27. The number of para-hydroxylation sites is 1. The quantitative estimate of drug-likeness (QED) is 0.390. The van der Waals surface area contributed by atoms with E-state index in [0.29, 0.717) is 29.7 Å². The highest BCUT2D eigenvalue weighted by Crippen LogP contribution is 2.07. The highest BCUT2D eigenvalue weighted by molar-refractivity contribution is 7.71. The molecule has 3 rings (SSSR count). The number of carbonyl (C=O) groups is 1. The van der Waals surface area contributed by atoms with E-state index in [1.54, 1.807) is 23.2 Å². The minimum absolute atomic E-state index is 0.0506. The lowest BCUT2D eigenvalue weighted by atomic mass is 10.2. The van der Waals surface area contributed by atoms with Crippen LogP contribution in [-0.4, -0.2) is 32.0 Å². The minimum atomic E-state index is -0.0640. The molecule has 0 unspecified atom stereocenters. The third-order valence-electron chi connectivity index (χ3n) is 4.45. The average molecular weight is 385 g/mol. The number of nitrogens with zero attached hydrogens (tertiary/aromatic N) is 2. The fourth-order valence-electron chi connectivity index (χ4n) is 2.98. The number of imidazole rings is 1. The van der Waals surface area contributed by atoms with Gasteiger partial charge in [0.05, 0.1) is 17.2 Å². The van der Waals surface area contributed by atoms with Gasteiger partial charge in [0.1, 0.15) is 0 Å². The Labute approximate surface area is 161 Å². The van der Waals surface area contributed by atoms with Gasteiger partial charge in [-0.2, -0.15) is 0 Å². The summed E-state index contributed by atoms with van der Waals surface area (Å²) < 4.78 is 2.04. The van der Waals surface area contributed by atoms with E-state index in [-0.39, 0.29) is 11.5 Å². The van der Waals surface area contributed by atoms with Crippen molar-refractivity contribution in [2.75, 3.05) is 6.54 Å². The molecule has 142 valence electrons. The SMILES string of the molecule is O=C(CCCCCn1c(=S)[nH]c2ccccc2c1=O)NCCc1cnc[nH]1. The summed E-state index contributed by atoms with van der Waals surface area (Å²) in [5, 5.41) is 3.55. The molecule has 8 heteroatoms. The average Bonchev–Trinajstić information content (AvgIpc) is 3.17. The highest BCUT2D eigenvalue weighted by Gasteiger charge is 2.06. The number of amides is 1. The van der Waals surface area contributed by atoms with Crippen molar-refractivity contribution in [3.8, 4) is 0 Å². The first-order valence-corrected chi connectivity index (χ1v) is 9.52. The van der Waals surface area contributed by atoms with Crippen molar-refractivity contribution in [1.82, 2.24) is 24.8 Å². The Hall–Kier alpha value is -2.74. The molecule has 0 saturated carbocycles. The molecule has 0 aliphatic heterocycles. The summed E-state index contributed by atoms with van der Waals surface area (Å²) >= 11 is 5.30. The van der Waals surface area contributed by atoms with E-state index in [1.165, 1.54) is 0 Å². The van der Waals surface area contributed by atoms with Crippen LogP contribution < -0.4 is 10.9 Å². The van der Waals surface area contributed by atoms with Crippen LogP contribution in [0.4, 0.5) is 0 Å². The number of unbranched alkanes of at least 4 members (excludes halogenated alkanes) is 2. The van der Waals surface area contributed by atoms with Crippen molar-refractivity contribution < 1.29 is 4.79 Å². The van der Waals surface area contributed by atoms with Crippen LogP contribution in [0.3, 0.4) is 0 Å². The van der Waals surface area contributed by atoms with E-state index >= 15 is 0 Å². The van der Waals surface area contributed by atoms with Gasteiger partial charge in [0.15, 0.2) is 4.77 Å². The normalized spacial score (nSPS) is 11.0. The third-order valence-corrected chi connectivity index (χ3v) is 4.77. The van der Waals surface area contributed by atoms with Crippen molar-refractivity contribution in [2.45, 2.75) is 38.6 Å². The minimum Gasteiger partial charge on any atom is -0.356 e. The Bertz CT molecular complexity index is 1010. The number of aromatic amines is 2. The molecule has 0 radical (unpaired) electrons. The van der Waals surface area contributed by atoms with E-state index in [9.17, 15) is 9.59 Å². The molecule has 3 N–H and O–H groups in total.